The normalized spacial score (nSPS) is 13.8. The van der Waals surface area contributed by atoms with Crippen LogP contribution >= 0.6 is 15.6 Å². The van der Waals surface area contributed by atoms with Gasteiger partial charge in [0.05, 0.1) is 26.4 Å². The van der Waals surface area contributed by atoms with Crippen molar-refractivity contribution < 1.29 is 80.2 Å². The summed E-state index contributed by atoms with van der Waals surface area (Å²) >= 11 is 0. The van der Waals surface area contributed by atoms with E-state index in [0.717, 1.165) is 89.9 Å². The molecule has 0 bridgehead atoms. The van der Waals surface area contributed by atoms with Crippen LogP contribution in [0, 0.1) is 5.92 Å². The molecule has 0 saturated heterocycles. The first-order valence-corrected chi connectivity index (χ1v) is 45.1. The SMILES string of the molecule is CCCCCCCCCCCCCCCCCCCCCCCCC(=O)O[C@H](COC(=O)CCCCCCCCCCCCCCCCCCCCCC)COP(=O)(O)OC[C@@H](O)COP(=O)(O)OC[C@@H](COC(=O)CCCCCCCCCCC)OC(=O)CCCCCCCCC(C)C. The summed E-state index contributed by atoms with van der Waals surface area (Å²) in [6, 6.07) is 0. The Balaban J connectivity index is 5.14. The van der Waals surface area contributed by atoms with Gasteiger partial charge in [0.25, 0.3) is 0 Å². The number of esters is 4. The highest BCUT2D eigenvalue weighted by molar-refractivity contribution is 7.47. The van der Waals surface area contributed by atoms with Crippen molar-refractivity contribution in [3.63, 3.8) is 0 Å². The monoisotopic (exact) mass is 1470 g/mol. The fraction of sp³-hybridized carbons (Fsp3) is 0.951. The smallest absolute Gasteiger partial charge is 0.462 e. The van der Waals surface area contributed by atoms with Crippen LogP contribution < -0.4 is 0 Å². The Morgan fingerprint density at radius 3 is 0.680 bits per heavy atom. The molecule has 17 nitrogen and oxygen atoms in total. The van der Waals surface area contributed by atoms with Crippen LogP contribution in [0.1, 0.15) is 433 Å². The van der Waals surface area contributed by atoms with Crippen LogP contribution in [0.15, 0.2) is 0 Å². The van der Waals surface area contributed by atoms with Gasteiger partial charge in [0, 0.05) is 25.7 Å². The highest BCUT2D eigenvalue weighted by atomic mass is 31.2. The van der Waals surface area contributed by atoms with Crippen LogP contribution in [0.4, 0.5) is 0 Å². The van der Waals surface area contributed by atoms with Crippen molar-refractivity contribution in [3.8, 4) is 0 Å². The van der Waals surface area contributed by atoms with Crippen molar-refractivity contribution in [2.75, 3.05) is 39.6 Å². The lowest BCUT2D eigenvalue weighted by Crippen LogP contribution is -2.30. The van der Waals surface area contributed by atoms with E-state index in [9.17, 15) is 43.2 Å². The van der Waals surface area contributed by atoms with Gasteiger partial charge in [0.2, 0.25) is 0 Å². The second kappa shape index (κ2) is 73.9. The zero-order chi connectivity index (χ0) is 73.4. The summed E-state index contributed by atoms with van der Waals surface area (Å²) in [6.45, 7) is 7.20. The van der Waals surface area contributed by atoms with E-state index >= 15 is 0 Å². The Bertz CT molecular complexity index is 1910. The molecule has 3 N–H and O–H groups in total. The predicted molar refractivity (Wildman–Crippen MR) is 409 cm³/mol. The van der Waals surface area contributed by atoms with Gasteiger partial charge in [-0.15, -0.1) is 0 Å². The van der Waals surface area contributed by atoms with Crippen molar-refractivity contribution in [1.29, 1.82) is 0 Å². The molecule has 594 valence electrons. The van der Waals surface area contributed by atoms with Gasteiger partial charge in [0.15, 0.2) is 12.2 Å². The molecular formula is C81H158O17P2. The predicted octanol–water partition coefficient (Wildman–Crippen LogP) is 24.4. The van der Waals surface area contributed by atoms with E-state index in [-0.39, 0.29) is 25.7 Å². The molecule has 0 aromatic carbocycles. The molecule has 19 heteroatoms. The molecule has 0 spiro atoms. The van der Waals surface area contributed by atoms with Crippen molar-refractivity contribution in [2.45, 2.75) is 451 Å². The number of phosphoric acid groups is 2. The lowest BCUT2D eigenvalue weighted by atomic mass is 10.0. The second-order valence-electron chi connectivity index (χ2n) is 29.6. The first kappa shape index (κ1) is 98.1. The number of phosphoric ester groups is 2. The minimum absolute atomic E-state index is 0.103. The molecule has 0 aliphatic heterocycles. The number of ether oxygens (including phenoxy) is 4. The first-order chi connectivity index (χ1) is 48.5. The van der Waals surface area contributed by atoms with Crippen LogP contribution in [-0.4, -0.2) is 96.7 Å². The van der Waals surface area contributed by atoms with E-state index < -0.39 is 97.5 Å². The summed E-state index contributed by atoms with van der Waals surface area (Å²) in [5.74, 6) is -1.45. The van der Waals surface area contributed by atoms with Crippen LogP contribution in [0.25, 0.3) is 0 Å². The Labute approximate surface area is 613 Å². The molecule has 0 heterocycles. The van der Waals surface area contributed by atoms with Crippen molar-refractivity contribution in [3.05, 3.63) is 0 Å². The number of aliphatic hydroxyl groups is 1. The number of carbonyl (C=O) groups is 4. The van der Waals surface area contributed by atoms with E-state index in [4.69, 9.17) is 37.0 Å². The summed E-state index contributed by atoms with van der Waals surface area (Å²) in [7, 11) is -9.91. The molecule has 0 aliphatic rings. The van der Waals surface area contributed by atoms with Gasteiger partial charge in [-0.2, -0.15) is 0 Å². The Morgan fingerprint density at radius 1 is 0.270 bits per heavy atom. The highest BCUT2D eigenvalue weighted by Gasteiger charge is 2.30. The van der Waals surface area contributed by atoms with Crippen LogP contribution in [-0.2, 0) is 65.4 Å². The zero-order valence-electron chi connectivity index (χ0n) is 65.3. The van der Waals surface area contributed by atoms with Gasteiger partial charge >= 0.3 is 39.5 Å². The number of unbranched alkanes of at least 4 members (excludes halogenated alkanes) is 53. The number of rotatable bonds is 81. The third kappa shape index (κ3) is 74.3. The van der Waals surface area contributed by atoms with E-state index in [0.29, 0.717) is 31.6 Å². The van der Waals surface area contributed by atoms with Crippen molar-refractivity contribution in [2.24, 2.45) is 5.92 Å². The van der Waals surface area contributed by atoms with E-state index in [1.165, 1.54) is 257 Å². The Kier molecular flexibility index (Phi) is 72.5. The summed E-state index contributed by atoms with van der Waals surface area (Å²) in [4.78, 5) is 72.8. The first-order valence-electron chi connectivity index (χ1n) is 42.1. The summed E-state index contributed by atoms with van der Waals surface area (Å²) in [5, 5.41) is 10.6. The van der Waals surface area contributed by atoms with Gasteiger partial charge in [0.1, 0.15) is 19.3 Å². The Hall–Kier alpha value is -1.94. The molecule has 0 radical (unpaired) electrons. The molecule has 2 unspecified atom stereocenters. The van der Waals surface area contributed by atoms with E-state index in [1.54, 1.807) is 0 Å². The van der Waals surface area contributed by atoms with Crippen LogP contribution in [0.3, 0.4) is 0 Å². The van der Waals surface area contributed by atoms with E-state index in [2.05, 4.69) is 34.6 Å². The molecule has 5 atom stereocenters. The van der Waals surface area contributed by atoms with Crippen LogP contribution in [0.5, 0.6) is 0 Å². The maximum absolute atomic E-state index is 13.1. The van der Waals surface area contributed by atoms with Gasteiger partial charge in [-0.3, -0.25) is 37.3 Å². The standard InChI is InChI=1S/C81H158O17P2/c1-6-9-12-15-18-21-23-25-27-29-31-33-34-36-38-40-42-44-47-50-56-61-66-80(85)97-76(70-92-79(84)65-60-55-49-46-43-41-39-37-35-32-30-28-26-24-22-19-16-13-10-7-2)72-95-99(87,88)93-68-75(82)69-94-100(89,90)96-73-77(98-81(86)67-62-57-52-51-53-58-63-74(4)5)71-91-78(83)64-59-54-48-45-20-17-14-11-8-3/h74-77,82H,6-73H2,1-5H3,(H,87,88)(H,89,90)/t75-,76-,77-/m1/s1. The van der Waals surface area contributed by atoms with Gasteiger partial charge in [-0.1, -0.05) is 381 Å². The fourth-order valence-electron chi connectivity index (χ4n) is 12.6. The maximum Gasteiger partial charge on any atom is 0.472 e. The minimum Gasteiger partial charge on any atom is -0.462 e. The molecule has 0 aliphatic carbocycles. The maximum atomic E-state index is 13.1. The third-order valence-electron chi connectivity index (χ3n) is 19.0. The number of carbonyl (C=O) groups excluding carboxylic acids is 4. The molecular weight excluding hydrogens is 1310 g/mol. The molecule has 0 amide bonds. The number of hydrogen-bond donors (Lipinski definition) is 3. The van der Waals surface area contributed by atoms with Gasteiger partial charge in [-0.05, 0) is 31.6 Å². The summed E-state index contributed by atoms with van der Waals surface area (Å²) in [6.07, 6.45) is 65.8. The molecule has 0 saturated carbocycles. The van der Waals surface area contributed by atoms with Gasteiger partial charge < -0.3 is 33.8 Å². The molecule has 0 aromatic heterocycles. The average Bonchev–Trinajstić information content (AvgIpc) is 0.956. The minimum atomic E-state index is -4.96. The second-order valence-corrected chi connectivity index (χ2v) is 32.5. The third-order valence-corrected chi connectivity index (χ3v) is 20.9. The van der Waals surface area contributed by atoms with E-state index in [1.807, 2.05) is 0 Å². The van der Waals surface area contributed by atoms with Crippen molar-refractivity contribution in [1.82, 2.24) is 0 Å². The Morgan fingerprint density at radius 2 is 0.460 bits per heavy atom. The average molecular weight is 1470 g/mol. The summed E-state index contributed by atoms with van der Waals surface area (Å²) < 4.78 is 68.5. The number of aliphatic hydroxyl groups excluding tert-OH is 1. The highest BCUT2D eigenvalue weighted by Crippen LogP contribution is 2.45. The zero-order valence-corrected chi connectivity index (χ0v) is 67.1. The largest absolute Gasteiger partial charge is 0.472 e. The lowest BCUT2D eigenvalue weighted by Gasteiger charge is -2.21. The molecule has 0 aromatic rings. The molecule has 0 fully saturated rings. The lowest BCUT2D eigenvalue weighted by molar-refractivity contribution is -0.161. The van der Waals surface area contributed by atoms with Crippen LogP contribution in [0.2, 0.25) is 0 Å². The number of hydrogen-bond acceptors (Lipinski definition) is 15. The molecule has 0 rings (SSSR count). The van der Waals surface area contributed by atoms with Gasteiger partial charge in [-0.25, -0.2) is 9.13 Å². The summed E-state index contributed by atoms with van der Waals surface area (Å²) in [5.41, 5.74) is 0. The quantitative estimate of drug-likeness (QED) is 0.0222. The topological polar surface area (TPSA) is 237 Å². The van der Waals surface area contributed by atoms with Crippen molar-refractivity contribution >= 4 is 39.5 Å². The fourth-order valence-corrected chi connectivity index (χ4v) is 14.2. The molecule has 100 heavy (non-hydrogen) atoms.